The van der Waals surface area contributed by atoms with Crippen molar-refractivity contribution in [2.45, 2.75) is 39.2 Å². The summed E-state index contributed by atoms with van der Waals surface area (Å²) in [5.74, 6) is -2.28. The Bertz CT molecular complexity index is 941. The number of carbonyl (C=O) groups is 1. The zero-order valence-electron chi connectivity index (χ0n) is 14.2. The van der Waals surface area contributed by atoms with Gasteiger partial charge in [-0.05, 0) is 6.42 Å². The molecule has 2 aromatic heterocycles. The molecule has 0 aliphatic rings. The Labute approximate surface area is 144 Å². The number of aromatic nitrogens is 4. The summed E-state index contributed by atoms with van der Waals surface area (Å²) in [4.78, 5) is 39.8. The second-order valence-corrected chi connectivity index (χ2v) is 5.54. The minimum absolute atomic E-state index is 0.0208. The average Bonchev–Trinajstić information content (AvgIpc) is 2.93. The van der Waals surface area contributed by atoms with Gasteiger partial charge in [-0.3, -0.25) is 14.2 Å². The number of fused-ring (bicyclic) bond motifs is 1. The molecule has 0 aliphatic carbocycles. The van der Waals surface area contributed by atoms with Gasteiger partial charge in [-0.2, -0.15) is 13.2 Å². The van der Waals surface area contributed by atoms with Crippen LogP contribution in [0.1, 0.15) is 19.2 Å². The molecular formula is C14H18F3N5O4. The van der Waals surface area contributed by atoms with Gasteiger partial charge < -0.3 is 15.0 Å². The lowest BCUT2D eigenvalue weighted by atomic mass is 10.4. The van der Waals surface area contributed by atoms with Crippen molar-refractivity contribution >= 4 is 17.1 Å². The van der Waals surface area contributed by atoms with Gasteiger partial charge in [0.2, 0.25) is 11.7 Å². The number of alkyl halides is 3. The molecule has 0 aliphatic heterocycles. The highest BCUT2D eigenvalue weighted by molar-refractivity contribution is 5.75. The van der Waals surface area contributed by atoms with Gasteiger partial charge in [-0.25, -0.2) is 14.3 Å². The number of primary amides is 1. The van der Waals surface area contributed by atoms with Gasteiger partial charge in [0, 0.05) is 20.2 Å². The molecule has 144 valence electrons. The van der Waals surface area contributed by atoms with E-state index in [-0.39, 0.29) is 25.3 Å². The van der Waals surface area contributed by atoms with E-state index in [9.17, 15) is 27.6 Å². The molecule has 0 bridgehead atoms. The third-order valence-corrected chi connectivity index (χ3v) is 3.65. The van der Waals surface area contributed by atoms with Crippen LogP contribution in [0.25, 0.3) is 11.2 Å². The Morgan fingerprint density at radius 3 is 2.35 bits per heavy atom. The Morgan fingerprint density at radius 2 is 1.85 bits per heavy atom. The van der Waals surface area contributed by atoms with Gasteiger partial charge in [0.15, 0.2) is 11.2 Å². The number of amides is 1. The molecule has 12 heteroatoms. The van der Waals surface area contributed by atoms with Gasteiger partial charge in [0.1, 0.15) is 6.54 Å². The molecule has 2 N–H and O–H groups in total. The van der Waals surface area contributed by atoms with Crippen molar-refractivity contribution in [1.82, 2.24) is 18.7 Å². The summed E-state index contributed by atoms with van der Waals surface area (Å²) in [6.45, 7) is 0.560. The number of aryl methyl sites for hydroxylation is 1. The SMILES string of the molecule is CCCn1c(=O)n(CC(N)=O)c(=O)c2c1nc(C(F)(F)F)n2CCOC. The van der Waals surface area contributed by atoms with Crippen LogP contribution in [-0.4, -0.2) is 38.3 Å². The molecule has 26 heavy (non-hydrogen) atoms. The van der Waals surface area contributed by atoms with Crippen LogP contribution in [0.4, 0.5) is 13.2 Å². The average molecular weight is 377 g/mol. The molecule has 0 spiro atoms. The number of methoxy groups -OCH3 is 1. The molecule has 0 aromatic carbocycles. The summed E-state index contributed by atoms with van der Waals surface area (Å²) in [5, 5.41) is 0. The first kappa shape index (κ1) is 19.7. The van der Waals surface area contributed by atoms with E-state index in [4.69, 9.17) is 10.5 Å². The first-order valence-corrected chi connectivity index (χ1v) is 7.71. The summed E-state index contributed by atoms with van der Waals surface area (Å²) < 4.78 is 47.1. The molecule has 9 nitrogen and oxygen atoms in total. The van der Waals surface area contributed by atoms with Crippen molar-refractivity contribution in [2.24, 2.45) is 5.73 Å². The number of hydrogen-bond donors (Lipinski definition) is 1. The molecule has 0 fully saturated rings. The predicted octanol–water partition coefficient (Wildman–Crippen LogP) is -0.0798. The highest BCUT2D eigenvalue weighted by Gasteiger charge is 2.39. The zero-order valence-corrected chi connectivity index (χ0v) is 14.2. The highest BCUT2D eigenvalue weighted by atomic mass is 19.4. The van der Waals surface area contributed by atoms with Crippen LogP contribution in [-0.2, 0) is 35.3 Å². The van der Waals surface area contributed by atoms with E-state index in [0.29, 0.717) is 15.6 Å². The quantitative estimate of drug-likeness (QED) is 0.725. The fraction of sp³-hybridized carbons (Fsp3) is 0.571. The van der Waals surface area contributed by atoms with E-state index in [1.807, 2.05) is 0 Å². The maximum atomic E-state index is 13.4. The van der Waals surface area contributed by atoms with Crippen LogP contribution in [0.5, 0.6) is 0 Å². The van der Waals surface area contributed by atoms with E-state index < -0.39 is 41.2 Å². The minimum Gasteiger partial charge on any atom is -0.383 e. The van der Waals surface area contributed by atoms with Crippen LogP contribution < -0.4 is 17.0 Å². The summed E-state index contributed by atoms with van der Waals surface area (Å²) >= 11 is 0. The third kappa shape index (κ3) is 3.49. The van der Waals surface area contributed by atoms with Crippen LogP contribution in [0.15, 0.2) is 9.59 Å². The predicted molar refractivity (Wildman–Crippen MR) is 84.6 cm³/mol. The third-order valence-electron chi connectivity index (χ3n) is 3.65. The number of rotatable bonds is 7. The lowest BCUT2D eigenvalue weighted by Crippen LogP contribution is -2.43. The number of carbonyl (C=O) groups excluding carboxylic acids is 1. The number of nitrogens with zero attached hydrogens (tertiary/aromatic N) is 4. The number of imidazole rings is 1. The molecule has 0 radical (unpaired) electrons. The van der Waals surface area contributed by atoms with E-state index in [1.165, 1.54) is 7.11 Å². The standard InChI is InChI=1S/C14H18F3N5O4/c1-3-4-21-10-9(11(24)22(13(21)25)7-8(18)23)20(5-6-26-2)12(19-10)14(15,16)17/h3-7H2,1-2H3,(H2,18,23). The highest BCUT2D eigenvalue weighted by Crippen LogP contribution is 2.30. The summed E-state index contributed by atoms with van der Waals surface area (Å²) in [6, 6.07) is 0. The second kappa shape index (κ2) is 7.32. The van der Waals surface area contributed by atoms with Crippen LogP contribution >= 0.6 is 0 Å². The summed E-state index contributed by atoms with van der Waals surface area (Å²) in [5.41, 5.74) is 2.25. The van der Waals surface area contributed by atoms with Crippen molar-refractivity contribution in [3.05, 3.63) is 26.7 Å². The van der Waals surface area contributed by atoms with E-state index in [1.54, 1.807) is 6.92 Å². The second-order valence-electron chi connectivity index (χ2n) is 5.54. The van der Waals surface area contributed by atoms with Gasteiger partial charge in [0.05, 0.1) is 6.61 Å². The van der Waals surface area contributed by atoms with E-state index in [0.717, 1.165) is 4.57 Å². The minimum atomic E-state index is -4.85. The van der Waals surface area contributed by atoms with Gasteiger partial charge in [0.25, 0.3) is 5.56 Å². The Morgan fingerprint density at radius 1 is 1.19 bits per heavy atom. The largest absolute Gasteiger partial charge is 0.449 e. The molecule has 0 atom stereocenters. The molecule has 2 aromatic rings. The summed E-state index contributed by atoms with van der Waals surface area (Å²) in [6.07, 6.45) is -4.45. The van der Waals surface area contributed by atoms with Crippen molar-refractivity contribution < 1.29 is 22.7 Å². The number of ether oxygens (including phenoxy) is 1. The van der Waals surface area contributed by atoms with Crippen LogP contribution in [0, 0.1) is 0 Å². The first-order chi connectivity index (χ1) is 12.1. The Kier molecular flexibility index (Phi) is 5.54. The van der Waals surface area contributed by atoms with Gasteiger partial charge in [-0.1, -0.05) is 6.92 Å². The lowest BCUT2D eigenvalue weighted by Gasteiger charge is -2.12. The van der Waals surface area contributed by atoms with Gasteiger partial charge in [-0.15, -0.1) is 0 Å². The molecular weight excluding hydrogens is 359 g/mol. The molecule has 2 rings (SSSR count). The Balaban J connectivity index is 2.97. The molecule has 2 heterocycles. The maximum absolute atomic E-state index is 13.4. The van der Waals surface area contributed by atoms with Crippen molar-refractivity contribution in [1.29, 1.82) is 0 Å². The molecule has 0 saturated carbocycles. The Hall–Kier alpha value is -2.63. The van der Waals surface area contributed by atoms with Crippen molar-refractivity contribution in [3.63, 3.8) is 0 Å². The number of hydrogen-bond acceptors (Lipinski definition) is 5. The normalized spacial score (nSPS) is 12.0. The fourth-order valence-corrected chi connectivity index (χ4v) is 2.63. The van der Waals surface area contributed by atoms with Crippen LogP contribution in [0.3, 0.4) is 0 Å². The molecule has 0 unspecified atom stereocenters. The van der Waals surface area contributed by atoms with Crippen molar-refractivity contribution in [3.8, 4) is 0 Å². The molecule has 1 amide bonds. The molecule has 0 saturated heterocycles. The monoisotopic (exact) mass is 377 g/mol. The van der Waals surface area contributed by atoms with E-state index >= 15 is 0 Å². The zero-order chi connectivity index (χ0) is 19.6. The topological polar surface area (TPSA) is 114 Å². The van der Waals surface area contributed by atoms with Crippen molar-refractivity contribution in [2.75, 3.05) is 13.7 Å². The lowest BCUT2D eigenvalue weighted by molar-refractivity contribution is -0.147. The summed E-state index contributed by atoms with van der Waals surface area (Å²) in [7, 11) is 1.30. The first-order valence-electron chi connectivity index (χ1n) is 7.71. The number of halogens is 3. The van der Waals surface area contributed by atoms with Crippen LogP contribution in [0.2, 0.25) is 0 Å². The van der Waals surface area contributed by atoms with Gasteiger partial charge >= 0.3 is 11.9 Å². The number of nitrogens with two attached hydrogens (primary N) is 1. The smallest absolute Gasteiger partial charge is 0.383 e. The van der Waals surface area contributed by atoms with E-state index in [2.05, 4.69) is 4.98 Å². The fourth-order valence-electron chi connectivity index (χ4n) is 2.63. The maximum Gasteiger partial charge on any atom is 0.449 e.